The Labute approximate surface area is 116 Å². The highest BCUT2D eigenvalue weighted by molar-refractivity contribution is 5.81. The maximum absolute atomic E-state index is 12.0. The number of amides is 1. The molecule has 0 aromatic carbocycles. The maximum Gasteiger partial charge on any atom is 0.237 e. The molecule has 0 aromatic heterocycles. The number of rotatable bonds is 8. The van der Waals surface area contributed by atoms with E-state index >= 15 is 0 Å². The Morgan fingerprint density at radius 2 is 2.11 bits per heavy atom. The lowest BCUT2D eigenvalue weighted by Crippen LogP contribution is -2.49. The van der Waals surface area contributed by atoms with Crippen molar-refractivity contribution in [2.24, 2.45) is 0 Å². The van der Waals surface area contributed by atoms with E-state index in [1.165, 1.54) is 0 Å². The minimum Gasteiger partial charge on any atom is -0.389 e. The third kappa shape index (κ3) is 5.47. The van der Waals surface area contributed by atoms with Gasteiger partial charge in [-0.2, -0.15) is 0 Å². The van der Waals surface area contributed by atoms with Gasteiger partial charge in [0.15, 0.2) is 0 Å². The van der Waals surface area contributed by atoms with Crippen LogP contribution in [-0.4, -0.2) is 61.4 Å². The average molecular weight is 272 g/mol. The van der Waals surface area contributed by atoms with Crippen LogP contribution < -0.4 is 5.32 Å². The first-order chi connectivity index (χ1) is 8.98. The summed E-state index contributed by atoms with van der Waals surface area (Å²) < 4.78 is 4.94. The van der Waals surface area contributed by atoms with Crippen molar-refractivity contribution >= 4 is 5.91 Å². The van der Waals surface area contributed by atoms with Crippen LogP contribution in [0.25, 0.3) is 0 Å². The maximum atomic E-state index is 12.0. The van der Waals surface area contributed by atoms with Crippen molar-refractivity contribution in [2.45, 2.75) is 50.7 Å². The van der Waals surface area contributed by atoms with E-state index in [0.29, 0.717) is 19.7 Å². The monoisotopic (exact) mass is 272 g/mol. The zero-order valence-electron chi connectivity index (χ0n) is 12.4. The number of carbonyl (C=O) groups is 1. The molecule has 0 saturated heterocycles. The molecule has 1 fully saturated rings. The van der Waals surface area contributed by atoms with Gasteiger partial charge in [0, 0.05) is 26.8 Å². The van der Waals surface area contributed by atoms with Crippen LogP contribution in [-0.2, 0) is 9.53 Å². The molecule has 2 N–H and O–H groups in total. The molecule has 112 valence electrons. The number of methoxy groups -OCH3 is 1. The summed E-state index contributed by atoms with van der Waals surface area (Å²) in [6.07, 6.45) is 4.69. The predicted molar refractivity (Wildman–Crippen MR) is 75.0 cm³/mol. The van der Waals surface area contributed by atoms with Gasteiger partial charge in [0.2, 0.25) is 5.91 Å². The van der Waals surface area contributed by atoms with Gasteiger partial charge in [-0.1, -0.05) is 12.8 Å². The molecule has 1 amide bonds. The quantitative estimate of drug-likeness (QED) is 0.641. The smallest absolute Gasteiger partial charge is 0.237 e. The largest absolute Gasteiger partial charge is 0.389 e. The molecule has 0 spiro atoms. The van der Waals surface area contributed by atoms with E-state index in [0.717, 1.165) is 32.1 Å². The normalized spacial score (nSPS) is 19.6. The second kappa shape index (κ2) is 7.82. The van der Waals surface area contributed by atoms with Gasteiger partial charge in [-0.3, -0.25) is 9.69 Å². The molecule has 0 radical (unpaired) electrons. The first kappa shape index (κ1) is 16.4. The SMILES string of the molecule is COCCCNC(=O)C(C)N(C)CC1(O)CCCC1. The Morgan fingerprint density at radius 3 is 2.68 bits per heavy atom. The van der Waals surface area contributed by atoms with Crippen molar-refractivity contribution in [1.82, 2.24) is 10.2 Å². The Morgan fingerprint density at radius 1 is 1.47 bits per heavy atom. The highest BCUT2D eigenvalue weighted by Gasteiger charge is 2.34. The summed E-state index contributed by atoms with van der Waals surface area (Å²) >= 11 is 0. The topological polar surface area (TPSA) is 61.8 Å². The van der Waals surface area contributed by atoms with Gasteiger partial charge in [0.05, 0.1) is 11.6 Å². The number of ether oxygens (including phenoxy) is 1. The number of hydrogen-bond donors (Lipinski definition) is 2. The molecule has 1 rings (SSSR count). The van der Waals surface area contributed by atoms with Crippen molar-refractivity contribution in [2.75, 3.05) is 33.9 Å². The van der Waals surface area contributed by atoms with Crippen molar-refractivity contribution in [3.05, 3.63) is 0 Å². The number of aliphatic hydroxyl groups is 1. The van der Waals surface area contributed by atoms with Crippen molar-refractivity contribution in [1.29, 1.82) is 0 Å². The molecule has 0 heterocycles. The van der Waals surface area contributed by atoms with Gasteiger partial charge in [-0.25, -0.2) is 0 Å². The van der Waals surface area contributed by atoms with Crippen molar-refractivity contribution < 1.29 is 14.6 Å². The molecule has 0 aliphatic heterocycles. The summed E-state index contributed by atoms with van der Waals surface area (Å²) in [5.41, 5.74) is -0.598. The van der Waals surface area contributed by atoms with Crippen LogP contribution in [0.15, 0.2) is 0 Å². The van der Waals surface area contributed by atoms with Gasteiger partial charge in [0.1, 0.15) is 0 Å². The molecule has 5 heteroatoms. The average Bonchev–Trinajstić information content (AvgIpc) is 2.79. The molecule has 1 unspecified atom stereocenters. The molecular formula is C14H28N2O3. The Bertz CT molecular complexity index is 278. The second-order valence-corrected chi connectivity index (χ2v) is 5.66. The summed E-state index contributed by atoms with van der Waals surface area (Å²) in [4.78, 5) is 13.9. The minimum atomic E-state index is -0.598. The molecule has 1 aliphatic rings. The van der Waals surface area contributed by atoms with Crippen LogP contribution >= 0.6 is 0 Å². The first-order valence-corrected chi connectivity index (χ1v) is 7.18. The fourth-order valence-corrected chi connectivity index (χ4v) is 2.57. The fourth-order valence-electron chi connectivity index (χ4n) is 2.57. The summed E-state index contributed by atoms with van der Waals surface area (Å²) in [5.74, 6) is 0.0141. The van der Waals surface area contributed by atoms with Crippen LogP contribution in [0, 0.1) is 0 Å². The van der Waals surface area contributed by atoms with Gasteiger partial charge >= 0.3 is 0 Å². The van der Waals surface area contributed by atoms with E-state index in [-0.39, 0.29) is 11.9 Å². The van der Waals surface area contributed by atoms with Gasteiger partial charge < -0.3 is 15.2 Å². The summed E-state index contributed by atoms with van der Waals surface area (Å²) in [6.45, 7) is 3.74. The predicted octanol–water partition coefficient (Wildman–Crippen LogP) is 0.765. The standard InChI is InChI=1S/C14H28N2O3/c1-12(13(17)15-9-6-10-19-3)16(2)11-14(18)7-4-5-8-14/h12,18H,4-11H2,1-3H3,(H,15,17). The molecule has 1 saturated carbocycles. The Hall–Kier alpha value is -0.650. The Balaban J connectivity index is 2.30. The molecule has 19 heavy (non-hydrogen) atoms. The lowest BCUT2D eigenvalue weighted by atomic mass is 10.0. The third-order valence-corrected chi connectivity index (χ3v) is 3.94. The number of likely N-dealkylation sites (N-methyl/N-ethyl adjacent to an activating group) is 1. The zero-order chi connectivity index (χ0) is 14.3. The first-order valence-electron chi connectivity index (χ1n) is 7.18. The molecule has 0 bridgehead atoms. The second-order valence-electron chi connectivity index (χ2n) is 5.66. The van der Waals surface area contributed by atoms with Crippen LogP contribution in [0.4, 0.5) is 0 Å². The summed E-state index contributed by atoms with van der Waals surface area (Å²) in [5, 5.41) is 13.2. The number of nitrogens with one attached hydrogen (secondary N) is 1. The van der Waals surface area contributed by atoms with E-state index in [1.807, 2.05) is 18.9 Å². The minimum absolute atomic E-state index is 0.0141. The lowest BCUT2D eigenvalue weighted by molar-refractivity contribution is -0.126. The Kier molecular flexibility index (Phi) is 6.75. The highest BCUT2D eigenvalue weighted by atomic mass is 16.5. The van der Waals surface area contributed by atoms with E-state index < -0.39 is 5.60 Å². The number of carbonyl (C=O) groups excluding carboxylic acids is 1. The third-order valence-electron chi connectivity index (χ3n) is 3.94. The van der Waals surface area contributed by atoms with Crippen molar-refractivity contribution in [3.63, 3.8) is 0 Å². The fraction of sp³-hybridized carbons (Fsp3) is 0.929. The van der Waals surface area contributed by atoms with E-state index in [9.17, 15) is 9.90 Å². The summed E-state index contributed by atoms with van der Waals surface area (Å²) in [6, 6.07) is -0.216. The van der Waals surface area contributed by atoms with Crippen molar-refractivity contribution in [3.8, 4) is 0 Å². The molecule has 5 nitrogen and oxygen atoms in total. The van der Waals surface area contributed by atoms with Crippen LogP contribution in [0.3, 0.4) is 0 Å². The summed E-state index contributed by atoms with van der Waals surface area (Å²) in [7, 11) is 3.55. The lowest BCUT2D eigenvalue weighted by Gasteiger charge is -2.31. The van der Waals surface area contributed by atoms with Gasteiger partial charge in [-0.05, 0) is 33.2 Å². The van der Waals surface area contributed by atoms with Crippen LogP contribution in [0.2, 0.25) is 0 Å². The van der Waals surface area contributed by atoms with Crippen LogP contribution in [0.1, 0.15) is 39.0 Å². The zero-order valence-corrected chi connectivity index (χ0v) is 12.4. The molecule has 1 atom stereocenters. The molecule has 0 aromatic rings. The van der Waals surface area contributed by atoms with Gasteiger partial charge in [-0.15, -0.1) is 0 Å². The highest BCUT2D eigenvalue weighted by Crippen LogP contribution is 2.30. The van der Waals surface area contributed by atoms with E-state index in [4.69, 9.17) is 4.74 Å². The number of nitrogens with zero attached hydrogens (tertiary/aromatic N) is 1. The number of hydrogen-bond acceptors (Lipinski definition) is 4. The van der Waals surface area contributed by atoms with Gasteiger partial charge in [0.25, 0.3) is 0 Å². The van der Waals surface area contributed by atoms with Crippen LogP contribution in [0.5, 0.6) is 0 Å². The molecule has 1 aliphatic carbocycles. The van der Waals surface area contributed by atoms with E-state index in [1.54, 1.807) is 7.11 Å². The van der Waals surface area contributed by atoms with E-state index in [2.05, 4.69) is 5.32 Å². The molecular weight excluding hydrogens is 244 g/mol.